The molecule has 0 saturated carbocycles. The van der Waals surface area contributed by atoms with Gasteiger partial charge in [0.05, 0.1) is 5.92 Å². The molecule has 2 atom stereocenters. The second kappa shape index (κ2) is 6.21. The van der Waals surface area contributed by atoms with Gasteiger partial charge in [0.15, 0.2) is 0 Å². The molecule has 0 aliphatic carbocycles. The van der Waals surface area contributed by atoms with E-state index in [1.807, 2.05) is 4.90 Å². The van der Waals surface area contributed by atoms with E-state index in [-0.39, 0.29) is 24.3 Å². The molecular formula is C12H24N2O2. The predicted octanol–water partition coefficient (Wildman–Crippen LogP) is 0.448. The van der Waals surface area contributed by atoms with E-state index in [0.717, 1.165) is 19.4 Å². The zero-order valence-electron chi connectivity index (χ0n) is 10.4. The van der Waals surface area contributed by atoms with Gasteiger partial charge in [-0.2, -0.15) is 0 Å². The van der Waals surface area contributed by atoms with E-state index in [2.05, 4.69) is 13.8 Å². The minimum atomic E-state index is -0.0440. The Bertz CT molecular complexity index is 231. The highest BCUT2D eigenvalue weighted by molar-refractivity contribution is 5.79. The Morgan fingerprint density at radius 2 is 2.25 bits per heavy atom. The molecular weight excluding hydrogens is 204 g/mol. The Kier molecular flexibility index (Phi) is 5.22. The summed E-state index contributed by atoms with van der Waals surface area (Å²) in [7, 11) is 0. The summed E-state index contributed by atoms with van der Waals surface area (Å²) in [5, 5.41) is 9.04. The van der Waals surface area contributed by atoms with Crippen molar-refractivity contribution in [3.05, 3.63) is 0 Å². The largest absolute Gasteiger partial charge is 0.396 e. The van der Waals surface area contributed by atoms with Crippen molar-refractivity contribution in [2.75, 3.05) is 26.2 Å². The summed E-state index contributed by atoms with van der Waals surface area (Å²) in [4.78, 5) is 14.0. The number of aliphatic hydroxyl groups excluding tert-OH is 1. The lowest BCUT2D eigenvalue weighted by Crippen LogP contribution is -2.38. The molecule has 0 aromatic heterocycles. The normalized spacial score (nSPS) is 22.8. The Morgan fingerprint density at radius 3 is 2.69 bits per heavy atom. The topological polar surface area (TPSA) is 66.6 Å². The fourth-order valence-corrected chi connectivity index (χ4v) is 2.31. The van der Waals surface area contributed by atoms with Gasteiger partial charge in [-0.3, -0.25) is 4.79 Å². The molecule has 0 radical (unpaired) electrons. The first-order valence-corrected chi connectivity index (χ1v) is 6.18. The van der Waals surface area contributed by atoms with Crippen LogP contribution in [-0.2, 0) is 4.79 Å². The first kappa shape index (κ1) is 13.5. The van der Waals surface area contributed by atoms with Gasteiger partial charge in [0, 0.05) is 32.2 Å². The average molecular weight is 228 g/mol. The number of hydrogen-bond acceptors (Lipinski definition) is 3. The maximum atomic E-state index is 12.1. The highest BCUT2D eigenvalue weighted by atomic mass is 16.3. The van der Waals surface area contributed by atoms with Crippen molar-refractivity contribution in [1.82, 2.24) is 4.90 Å². The summed E-state index contributed by atoms with van der Waals surface area (Å²) < 4.78 is 0. The molecule has 94 valence electrons. The van der Waals surface area contributed by atoms with E-state index in [0.29, 0.717) is 19.0 Å². The summed E-state index contributed by atoms with van der Waals surface area (Å²) >= 11 is 0. The standard InChI is InChI=1S/C12H24N2O2/c1-9(2)5-11(6-13)12(16)14-4-3-10(7-14)8-15/h9-11,15H,3-8,13H2,1-2H3. The van der Waals surface area contributed by atoms with Gasteiger partial charge in [0.1, 0.15) is 0 Å². The highest BCUT2D eigenvalue weighted by Crippen LogP contribution is 2.20. The van der Waals surface area contributed by atoms with Gasteiger partial charge in [-0.05, 0) is 18.8 Å². The molecule has 0 aromatic carbocycles. The smallest absolute Gasteiger partial charge is 0.226 e. The lowest BCUT2D eigenvalue weighted by atomic mass is 9.96. The molecule has 0 spiro atoms. The van der Waals surface area contributed by atoms with Gasteiger partial charge < -0.3 is 15.7 Å². The summed E-state index contributed by atoms with van der Waals surface area (Å²) in [6.07, 6.45) is 1.77. The molecule has 1 aliphatic heterocycles. The third kappa shape index (κ3) is 3.46. The number of carbonyl (C=O) groups is 1. The van der Waals surface area contributed by atoms with Gasteiger partial charge in [-0.15, -0.1) is 0 Å². The minimum Gasteiger partial charge on any atom is -0.396 e. The van der Waals surface area contributed by atoms with Gasteiger partial charge >= 0.3 is 0 Å². The zero-order chi connectivity index (χ0) is 12.1. The maximum Gasteiger partial charge on any atom is 0.226 e. The van der Waals surface area contributed by atoms with E-state index in [4.69, 9.17) is 10.8 Å². The molecule has 3 N–H and O–H groups in total. The number of amides is 1. The third-order valence-corrected chi connectivity index (χ3v) is 3.25. The Labute approximate surface area is 97.8 Å². The van der Waals surface area contributed by atoms with Gasteiger partial charge in [0.25, 0.3) is 0 Å². The highest BCUT2D eigenvalue weighted by Gasteiger charge is 2.30. The van der Waals surface area contributed by atoms with E-state index in [1.165, 1.54) is 0 Å². The summed E-state index contributed by atoms with van der Waals surface area (Å²) in [5.41, 5.74) is 5.66. The van der Waals surface area contributed by atoms with Crippen LogP contribution in [0.1, 0.15) is 26.7 Å². The van der Waals surface area contributed by atoms with Crippen molar-refractivity contribution in [2.45, 2.75) is 26.7 Å². The molecule has 2 unspecified atom stereocenters. The molecule has 1 aliphatic rings. The summed E-state index contributed by atoms with van der Waals surface area (Å²) in [6, 6.07) is 0. The van der Waals surface area contributed by atoms with Gasteiger partial charge in [-0.1, -0.05) is 13.8 Å². The SMILES string of the molecule is CC(C)CC(CN)C(=O)N1CCC(CO)C1. The predicted molar refractivity (Wildman–Crippen MR) is 63.8 cm³/mol. The van der Waals surface area contributed by atoms with E-state index in [1.54, 1.807) is 0 Å². The molecule has 1 heterocycles. The molecule has 16 heavy (non-hydrogen) atoms. The lowest BCUT2D eigenvalue weighted by Gasteiger charge is -2.23. The third-order valence-electron chi connectivity index (χ3n) is 3.25. The molecule has 1 fully saturated rings. The van der Waals surface area contributed by atoms with Gasteiger partial charge in [-0.25, -0.2) is 0 Å². The number of nitrogens with two attached hydrogens (primary N) is 1. The van der Waals surface area contributed by atoms with Crippen LogP contribution in [0.5, 0.6) is 0 Å². The van der Waals surface area contributed by atoms with Crippen molar-refractivity contribution in [2.24, 2.45) is 23.5 Å². The van der Waals surface area contributed by atoms with Crippen LogP contribution in [0.25, 0.3) is 0 Å². The van der Waals surface area contributed by atoms with Crippen molar-refractivity contribution >= 4 is 5.91 Å². The second-order valence-corrected chi connectivity index (χ2v) is 5.18. The van der Waals surface area contributed by atoms with Crippen LogP contribution in [0, 0.1) is 17.8 Å². The van der Waals surface area contributed by atoms with E-state index < -0.39 is 0 Å². The van der Waals surface area contributed by atoms with Gasteiger partial charge in [0.2, 0.25) is 5.91 Å². The fraction of sp³-hybridized carbons (Fsp3) is 0.917. The number of rotatable bonds is 5. The van der Waals surface area contributed by atoms with Crippen LogP contribution < -0.4 is 5.73 Å². The van der Waals surface area contributed by atoms with Crippen molar-refractivity contribution < 1.29 is 9.90 Å². The van der Waals surface area contributed by atoms with Crippen LogP contribution in [0.2, 0.25) is 0 Å². The monoisotopic (exact) mass is 228 g/mol. The van der Waals surface area contributed by atoms with Crippen molar-refractivity contribution in [3.8, 4) is 0 Å². The Morgan fingerprint density at radius 1 is 1.56 bits per heavy atom. The first-order chi connectivity index (χ1) is 7.58. The van der Waals surface area contributed by atoms with Crippen LogP contribution in [0.4, 0.5) is 0 Å². The molecule has 1 saturated heterocycles. The number of carbonyl (C=O) groups excluding carboxylic acids is 1. The molecule has 1 amide bonds. The van der Waals surface area contributed by atoms with Crippen LogP contribution >= 0.6 is 0 Å². The zero-order valence-corrected chi connectivity index (χ0v) is 10.4. The number of aliphatic hydroxyl groups is 1. The fourth-order valence-electron chi connectivity index (χ4n) is 2.31. The number of likely N-dealkylation sites (tertiary alicyclic amines) is 1. The second-order valence-electron chi connectivity index (χ2n) is 5.18. The van der Waals surface area contributed by atoms with E-state index >= 15 is 0 Å². The number of hydrogen-bond donors (Lipinski definition) is 2. The quantitative estimate of drug-likeness (QED) is 0.718. The van der Waals surface area contributed by atoms with E-state index in [9.17, 15) is 4.79 Å². The van der Waals surface area contributed by atoms with Crippen molar-refractivity contribution in [3.63, 3.8) is 0 Å². The van der Waals surface area contributed by atoms with Crippen LogP contribution in [0.15, 0.2) is 0 Å². The molecule has 4 heteroatoms. The summed E-state index contributed by atoms with van der Waals surface area (Å²) in [6.45, 7) is 6.30. The average Bonchev–Trinajstić information content (AvgIpc) is 2.73. The first-order valence-electron chi connectivity index (χ1n) is 6.18. The molecule has 1 rings (SSSR count). The van der Waals surface area contributed by atoms with Crippen molar-refractivity contribution in [1.29, 1.82) is 0 Å². The van der Waals surface area contributed by atoms with Crippen LogP contribution in [-0.4, -0.2) is 42.2 Å². The Hall–Kier alpha value is -0.610. The van der Waals surface area contributed by atoms with Crippen LogP contribution in [0.3, 0.4) is 0 Å². The summed E-state index contributed by atoms with van der Waals surface area (Å²) in [5.74, 6) is 0.889. The molecule has 0 bridgehead atoms. The lowest BCUT2D eigenvalue weighted by molar-refractivity contribution is -0.134. The molecule has 0 aromatic rings. The Balaban J connectivity index is 2.49. The maximum absolute atomic E-state index is 12.1. The minimum absolute atomic E-state index is 0.0440. The number of nitrogens with zero attached hydrogens (tertiary/aromatic N) is 1. The molecule has 4 nitrogen and oxygen atoms in total.